The molecule has 0 aromatic carbocycles. The molecule has 0 saturated heterocycles. The van der Waals surface area contributed by atoms with Gasteiger partial charge in [0.1, 0.15) is 18.2 Å². The van der Waals surface area contributed by atoms with Crippen LogP contribution in [0.5, 0.6) is 0 Å². The summed E-state index contributed by atoms with van der Waals surface area (Å²) in [6.07, 6.45) is 2.69. The second kappa shape index (κ2) is 3.69. The number of rotatable bonds is 2. The molecule has 0 saturated carbocycles. The van der Waals surface area contributed by atoms with Crippen molar-refractivity contribution in [2.45, 2.75) is 13.8 Å². The van der Waals surface area contributed by atoms with E-state index < -0.39 is 5.97 Å². The number of nitrogens with zero attached hydrogens (tertiary/aromatic N) is 5. The third-order valence-corrected chi connectivity index (χ3v) is 2.29. The molecule has 2 aromatic rings. The number of carboxylic acids is 1. The molecule has 82 valence electrons. The van der Waals surface area contributed by atoms with Crippen molar-refractivity contribution in [1.29, 1.82) is 0 Å². The smallest absolute Gasteiger partial charge is 0.339 e. The first-order valence-corrected chi connectivity index (χ1v) is 4.53. The second-order valence-electron chi connectivity index (χ2n) is 3.25. The highest BCUT2D eigenvalue weighted by Gasteiger charge is 2.19. The molecule has 2 aromatic heterocycles. The van der Waals surface area contributed by atoms with E-state index in [1.54, 1.807) is 13.8 Å². The van der Waals surface area contributed by atoms with Crippen LogP contribution >= 0.6 is 0 Å². The average Bonchev–Trinajstić information content (AvgIpc) is 2.74. The quantitative estimate of drug-likeness (QED) is 0.784. The first-order chi connectivity index (χ1) is 7.61. The fourth-order valence-electron chi connectivity index (χ4n) is 1.33. The summed E-state index contributed by atoms with van der Waals surface area (Å²) in [5, 5.41) is 20.7. The topological polar surface area (TPSA) is 93.8 Å². The molecule has 0 aliphatic carbocycles. The van der Waals surface area contributed by atoms with E-state index in [0.717, 1.165) is 0 Å². The number of carbonyl (C=O) groups is 1. The van der Waals surface area contributed by atoms with Gasteiger partial charge in [0.15, 0.2) is 5.82 Å². The second-order valence-corrected chi connectivity index (χ2v) is 3.25. The fraction of sp³-hybridized carbons (Fsp3) is 0.222. The minimum Gasteiger partial charge on any atom is -0.478 e. The SMILES string of the molecule is Cc1nnc(-n2cncn2)c(C(=O)O)c1C. The Morgan fingerprint density at radius 3 is 2.69 bits per heavy atom. The summed E-state index contributed by atoms with van der Waals surface area (Å²) in [6, 6.07) is 0. The van der Waals surface area contributed by atoms with E-state index in [0.29, 0.717) is 11.3 Å². The van der Waals surface area contributed by atoms with Crippen molar-refractivity contribution in [3.8, 4) is 5.82 Å². The van der Waals surface area contributed by atoms with Gasteiger partial charge in [-0.1, -0.05) is 0 Å². The largest absolute Gasteiger partial charge is 0.478 e. The Morgan fingerprint density at radius 2 is 2.12 bits per heavy atom. The van der Waals surface area contributed by atoms with Gasteiger partial charge in [-0.25, -0.2) is 9.78 Å². The number of aryl methyl sites for hydroxylation is 1. The third kappa shape index (κ3) is 1.52. The molecule has 0 aliphatic heterocycles. The summed E-state index contributed by atoms with van der Waals surface area (Å²) < 4.78 is 1.28. The zero-order valence-electron chi connectivity index (χ0n) is 8.75. The predicted octanol–water partition coefficient (Wildman–Crippen LogP) is 0.372. The van der Waals surface area contributed by atoms with Gasteiger partial charge in [-0.3, -0.25) is 0 Å². The average molecular weight is 219 g/mol. The normalized spacial score (nSPS) is 10.4. The fourth-order valence-corrected chi connectivity index (χ4v) is 1.33. The van der Waals surface area contributed by atoms with Crippen LogP contribution in [0.2, 0.25) is 0 Å². The molecular weight excluding hydrogens is 210 g/mol. The molecule has 0 aliphatic rings. The van der Waals surface area contributed by atoms with Crippen molar-refractivity contribution in [1.82, 2.24) is 25.0 Å². The van der Waals surface area contributed by atoms with E-state index in [1.165, 1.54) is 17.3 Å². The highest BCUT2D eigenvalue weighted by molar-refractivity contribution is 5.92. The Bertz CT molecular complexity index is 535. The van der Waals surface area contributed by atoms with Gasteiger partial charge in [0.25, 0.3) is 0 Å². The molecule has 0 radical (unpaired) electrons. The van der Waals surface area contributed by atoms with Crippen LogP contribution in [-0.2, 0) is 0 Å². The molecule has 0 fully saturated rings. The predicted molar refractivity (Wildman–Crippen MR) is 53.4 cm³/mol. The Labute approximate surface area is 90.8 Å². The molecular formula is C9H9N5O2. The van der Waals surface area contributed by atoms with E-state index in [9.17, 15) is 4.79 Å². The van der Waals surface area contributed by atoms with Crippen molar-refractivity contribution in [2.24, 2.45) is 0 Å². The van der Waals surface area contributed by atoms with Gasteiger partial charge >= 0.3 is 5.97 Å². The van der Waals surface area contributed by atoms with Crippen molar-refractivity contribution >= 4 is 5.97 Å². The van der Waals surface area contributed by atoms with Gasteiger partial charge in [-0.15, -0.1) is 5.10 Å². The lowest BCUT2D eigenvalue weighted by molar-refractivity contribution is 0.0695. The molecule has 0 amide bonds. The highest BCUT2D eigenvalue weighted by atomic mass is 16.4. The molecule has 7 heteroatoms. The van der Waals surface area contributed by atoms with Crippen LogP contribution in [0.25, 0.3) is 5.82 Å². The van der Waals surface area contributed by atoms with Crippen LogP contribution in [-0.4, -0.2) is 36.0 Å². The van der Waals surface area contributed by atoms with E-state index in [2.05, 4.69) is 20.3 Å². The number of carboxylic acid groups (broad SMARTS) is 1. The van der Waals surface area contributed by atoms with E-state index in [4.69, 9.17) is 5.11 Å². The van der Waals surface area contributed by atoms with Gasteiger partial charge in [0.05, 0.1) is 5.69 Å². The molecule has 7 nitrogen and oxygen atoms in total. The molecule has 0 bridgehead atoms. The van der Waals surface area contributed by atoms with Crippen LogP contribution in [0, 0.1) is 13.8 Å². The zero-order chi connectivity index (χ0) is 11.7. The monoisotopic (exact) mass is 219 g/mol. The van der Waals surface area contributed by atoms with Gasteiger partial charge in [0, 0.05) is 0 Å². The number of aromatic nitrogens is 5. The number of hydrogen-bond donors (Lipinski definition) is 1. The van der Waals surface area contributed by atoms with Crippen LogP contribution in [0.1, 0.15) is 21.6 Å². The molecule has 16 heavy (non-hydrogen) atoms. The molecule has 0 spiro atoms. The van der Waals surface area contributed by atoms with Crippen LogP contribution in [0.3, 0.4) is 0 Å². The Kier molecular flexibility index (Phi) is 2.35. The summed E-state index contributed by atoms with van der Waals surface area (Å²) in [6.45, 7) is 3.40. The van der Waals surface area contributed by atoms with E-state index in [1.807, 2.05) is 0 Å². The van der Waals surface area contributed by atoms with Crippen LogP contribution < -0.4 is 0 Å². The lowest BCUT2D eigenvalue weighted by Gasteiger charge is -2.07. The lowest BCUT2D eigenvalue weighted by atomic mass is 10.1. The van der Waals surface area contributed by atoms with Gasteiger partial charge < -0.3 is 5.11 Å². The Balaban J connectivity index is 2.71. The first-order valence-electron chi connectivity index (χ1n) is 4.53. The van der Waals surface area contributed by atoms with Crippen molar-refractivity contribution in [2.75, 3.05) is 0 Å². The highest BCUT2D eigenvalue weighted by Crippen LogP contribution is 2.16. The summed E-state index contributed by atoms with van der Waals surface area (Å²) >= 11 is 0. The summed E-state index contributed by atoms with van der Waals surface area (Å²) in [7, 11) is 0. The van der Waals surface area contributed by atoms with Gasteiger partial charge in [0.2, 0.25) is 0 Å². The number of hydrogen-bond acceptors (Lipinski definition) is 5. The first kappa shape index (κ1) is 10.2. The van der Waals surface area contributed by atoms with Crippen LogP contribution in [0.15, 0.2) is 12.7 Å². The maximum Gasteiger partial charge on any atom is 0.339 e. The van der Waals surface area contributed by atoms with E-state index in [-0.39, 0.29) is 11.4 Å². The maximum atomic E-state index is 11.2. The third-order valence-electron chi connectivity index (χ3n) is 2.29. The lowest BCUT2D eigenvalue weighted by Crippen LogP contribution is -2.13. The van der Waals surface area contributed by atoms with E-state index >= 15 is 0 Å². The van der Waals surface area contributed by atoms with Crippen molar-refractivity contribution in [3.63, 3.8) is 0 Å². The standard InChI is InChI=1S/C9H9N5O2/c1-5-6(2)12-13-8(7(5)9(15)16)14-4-10-3-11-14/h3-4H,1-2H3,(H,15,16). The van der Waals surface area contributed by atoms with Crippen molar-refractivity contribution < 1.29 is 9.90 Å². The maximum absolute atomic E-state index is 11.2. The molecule has 1 N–H and O–H groups in total. The minimum absolute atomic E-state index is 0.0954. The minimum atomic E-state index is -1.05. The summed E-state index contributed by atoms with van der Waals surface area (Å²) in [5.41, 5.74) is 1.26. The van der Waals surface area contributed by atoms with Crippen molar-refractivity contribution in [3.05, 3.63) is 29.5 Å². The molecule has 2 heterocycles. The summed E-state index contributed by atoms with van der Waals surface area (Å²) in [5.74, 6) is -0.880. The molecule has 2 rings (SSSR count). The molecule has 0 unspecified atom stereocenters. The van der Waals surface area contributed by atoms with Crippen LogP contribution in [0.4, 0.5) is 0 Å². The van der Waals surface area contributed by atoms with Gasteiger partial charge in [-0.2, -0.15) is 14.9 Å². The molecule has 0 atom stereocenters. The number of aromatic carboxylic acids is 1. The zero-order valence-corrected chi connectivity index (χ0v) is 8.75. The Morgan fingerprint density at radius 1 is 1.38 bits per heavy atom. The van der Waals surface area contributed by atoms with Gasteiger partial charge in [-0.05, 0) is 19.4 Å². The summed E-state index contributed by atoms with van der Waals surface area (Å²) in [4.78, 5) is 14.9. The Hall–Kier alpha value is -2.31.